The molecular formula is C19H29N3O3. The van der Waals surface area contributed by atoms with Crippen molar-refractivity contribution in [1.29, 1.82) is 5.26 Å². The van der Waals surface area contributed by atoms with Gasteiger partial charge in [0.1, 0.15) is 17.7 Å². The molecule has 0 bridgehead atoms. The zero-order valence-electron chi connectivity index (χ0n) is 15.5. The number of carbonyl (C=O) groups is 2. The number of nitrogens with zero attached hydrogens (tertiary/aromatic N) is 3. The van der Waals surface area contributed by atoms with Crippen molar-refractivity contribution >= 4 is 12.0 Å². The first-order chi connectivity index (χ1) is 11.8. The fourth-order valence-corrected chi connectivity index (χ4v) is 4.61. The van der Waals surface area contributed by atoms with Crippen molar-refractivity contribution < 1.29 is 14.3 Å². The second-order valence-electron chi connectivity index (χ2n) is 8.57. The molecule has 0 aromatic carbocycles. The van der Waals surface area contributed by atoms with Crippen LogP contribution in [0.15, 0.2) is 0 Å². The van der Waals surface area contributed by atoms with E-state index in [1.54, 1.807) is 9.80 Å². The van der Waals surface area contributed by atoms with Crippen LogP contribution in [0.3, 0.4) is 0 Å². The lowest BCUT2D eigenvalue weighted by Crippen LogP contribution is -2.52. The number of carbonyl (C=O) groups excluding carboxylic acids is 2. The maximum atomic E-state index is 13.2. The van der Waals surface area contributed by atoms with Crippen LogP contribution < -0.4 is 0 Å². The van der Waals surface area contributed by atoms with E-state index in [1.807, 2.05) is 20.8 Å². The van der Waals surface area contributed by atoms with Gasteiger partial charge in [-0.3, -0.25) is 9.69 Å². The van der Waals surface area contributed by atoms with Crippen LogP contribution in [0.25, 0.3) is 0 Å². The lowest BCUT2D eigenvalue weighted by atomic mass is 9.85. The van der Waals surface area contributed by atoms with E-state index in [4.69, 9.17) is 4.74 Å². The molecule has 2 aliphatic heterocycles. The number of nitriles is 1. The summed E-state index contributed by atoms with van der Waals surface area (Å²) < 4.78 is 5.62. The van der Waals surface area contributed by atoms with Crippen molar-refractivity contribution in [1.82, 2.24) is 9.80 Å². The van der Waals surface area contributed by atoms with Crippen LogP contribution >= 0.6 is 0 Å². The number of hydrogen-bond donors (Lipinski definition) is 0. The third-order valence-corrected chi connectivity index (χ3v) is 5.66. The summed E-state index contributed by atoms with van der Waals surface area (Å²) in [4.78, 5) is 29.4. The van der Waals surface area contributed by atoms with Gasteiger partial charge in [0.25, 0.3) is 0 Å². The highest BCUT2D eigenvalue weighted by atomic mass is 16.6. The van der Waals surface area contributed by atoms with Crippen LogP contribution in [-0.4, -0.2) is 52.1 Å². The molecule has 4 unspecified atom stereocenters. The Labute approximate surface area is 150 Å². The van der Waals surface area contributed by atoms with E-state index >= 15 is 0 Å². The molecule has 0 aromatic rings. The SMILES string of the molecule is CC(C)(C)OC(=O)N1C(C(=O)N2CCCC2C#N)CC2CCCCC21. The molecule has 4 atom stereocenters. The summed E-state index contributed by atoms with van der Waals surface area (Å²) in [5.41, 5.74) is -0.583. The minimum Gasteiger partial charge on any atom is -0.444 e. The molecule has 138 valence electrons. The van der Waals surface area contributed by atoms with Crippen molar-refractivity contribution in [3.05, 3.63) is 0 Å². The fourth-order valence-electron chi connectivity index (χ4n) is 4.61. The van der Waals surface area contributed by atoms with E-state index < -0.39 is 11.6 Å². The lowest BCUT2D eigenvalue weighted by molar-refractivity contribution is -0.136. The van der Waals surface area contributed by atoms with E-state index in [9.17, 15) is 14.9 Å². The van der Waals surface area contributed by atoms with Crippen LogP contribution in [0.5, 0.6) is 0 Å². The van der Waals surface area contributed by atoms with Gasteiger partial charge >= 0.3 is 6.09 Å². The number of ether oxygens (including phenoxy) is 1. The molecule has 0 N–H and O–H groups in total. The highest BCUT2D eigenvalue weighted by molar-refractivity contribution is 5.87. The average molecular weight is 347 g/mol. The highest BCUT2D eigenvalue weighted by Gasteiger charge is 2.50. The van der Waals surface area contributed by atoms with Crippen LogP contribution in [0.2, 0.25) is 0 Å². The van der Waals surface area contributed by atoms with Gasteiger partial charge in [0.05, 0.1) is 6.07 Å². The second kappa shape index (κ2) is 6.86. The van der Waals surface area contributed by atoms with Crippen LogP contribution in [-0.2, 0) is 9.53 Å². The van der Waals surface area contributed by atoms with Crippen molar-refractivity contribution in [2.75, 3.05) is 6.54 Å². The van der Waals surface area contributed by atoms with Gasteiger partial charge in [-0.2, -0.15) is 5.26 Å². The first-order valence-corrected chi connectivity index (χ1v) is 9.53. The molecule has 0 aromatic heterocycles. The molecule has 1 saturated carbocycles. The Morgan fingerprint density at radius 2 is 1.84 bits per heavy atom. The Morgan fingerprint density at radius 1 is 1.12 bits per heavy atom. The van der Waals surface area contributed by atoms with Crippen LogP contribution in [0.4, 0.5) is 4.79 Å². The molecule has 6 heteroatoms. The lowest BCUT2D eigenvalue weighted by Gasteiger charge is -2.36. The number of likely N-dealkylation sites (tertiary alicyclic amines) is 2. The van der Waals surface area contributed by atoms with Gasteiger partial charge < -0.3 is 9.64 Å². The molecule has 3 aliphatic rings. The minimum atomic E-state index is -0.583. The maximum absolute atomic E-state index is 13.2. The smallest absolute Gasteiger partial charge is 0.411 e. The molecule has 3 fully saturated rings. The summed E-state index contributed by atoms with van der Waals surface area (Å²) in [7, 11) is 0. The van der Waals surface area contributed by atoms with Gasteiger partial charge in [0.15, 0.2) is 0 Å². The number of amides is 2. The van der Waals surface area contributed by atoms with E-state index in [1.165, 1.54) is 0 Å². The molecule has 3 rings (SSSR count). The molecule has 2 heterocycles. The third kappa shape index (κ3) is 3.61. The Bertz CT molecular complexity index is 577. The summed E-state index contributed by atoms with van der Waals surface area (Å²) in [6.45, 7) is 6.16. The van der Waals surface area contributed by atoms with Gasteiger partial charge in [0, 0.05) is 12.6 Å². The van der Waals surface area contributed by atoms with Gasteiger partial charge in [-0.15, -0.1) is 0 Å². The van der Waals surface area contributed by atoms with Crippen LogP contribution in [0, 0.1) is 17.2 Å². The Kier molecular flexibility index (Phi) is 4.95. The van der Waals surface area contributed by atoms with E-state index in [0.29, 0.717) is 18.9 Å². The van der Waals surface area contributed by atoms with Crippen molar-refractivity contribution in [3.63, 3.8) is 0 Å². The highest BCUT2D eigenvalue weighted by Crippen LogP contribution is 2.41. The zero-order valence-corrected chi connectivity index (χ0v) is 15.5. The topological polar surface area (TPSA) is 73.6 Å². The second-order valence-corrected chi connectivity index (χ2v) is 8.57. The van der Waals surface area contributed by atoms with Crippen molar-refractivity contribution in [2.24, 2.45) is 5.92 Å². The number of hydrogen-bond acceptors (Lipinski definition) is 4. The molecular weight excluding hydrogens is 318 g/mol. The van der Waals surface area contributed by atoms with Gasteiger partial charge in [-0.25, -0.2) is 4.79 Å². The maximum Gasteiger partial charge on any atom is 0.411 e. The molecule has 0 radical (unpaired) electrons. The monoisotopic (exact) mass is 347 g/mol. The Morgan fingerprint density at radius 3 is 2.52 bits per heavy atom. The standard InChI is InChI=1S/C19H29N3O3/c1-19(2,3)25-18(24)22-15-9-5-4-7-13(15)11-16(22)17(23)21-10-6-8-14(21)12-20/h13-16H,4-11H2,1-3H3. The van der Waals surface area contributed by atoms with Crippen LogP contribution in [0.1, 0.15) is 65.7 Å². The Hall–Kier alpha value is -1.77. The summed E-state index contributed by atoms with van der Waals surface area (Å²) in [6.07, 6.45) is 6.17. The summed E-state index contributed by atoms with van der Waals surface area (Å²) in [5.74, 6) is 0.308. The first kappa shape index (κ1) is 18.0. The summed E-state index contributed by atoms with van der Waals surface area (Å²) in [5, 5.41) is 9.31. The Balaban J connectivity index is 1.83. The fraction of sp³-hybridized carbons (Fsp3) is 0.842. The normalized spacial score (nSPS) is 32.2. The van der Waals surface area contributed by atoms with Gasteiger partial charge in [0.2, 0.25) is 5.91 Å². The van der Waals surface area contributed by atoms with Gasteiger partial charge in [-0.1, -0.05) is 12.8 Å². The van der Waals surface area contributed by atoms with E-state index in [2.05, 4.69) is 6.07 Å². The molecule has 0 spiro atoms. The number of fused-ring (bicyclic) bond motifs is 1. The van der Waals surface area contributed by atoms with Gasteiger partial charge in [-0.05, 0) is 58.8 Å². The van der Waals surface area contributed by atoms with Crippen molar-refractivity contribution in [2.45, 2.75) is 89.4 Å². The molecule has 25 heavy (non-hydrogen) atoms. The largest absolute Gasteiger partial charge is 0.444 e. The first-order valence-electron chi connectivity index (χ1n) is 9.53. The van der Waals surface area contributed by atoms with E-state index in [-0.39, 0.29) is 24.1 Å². The zero-order chi connectivity index (χ0) is 18.2. The predicted octanol–water partition coefficient (Wildman–Crippen LogP) is 3.07. The van der Waals surface area contributed by atoms with E-state index in [0.717, 1.165) is 38.5 Å². The molecule has 2 amide bonds. The predicted molar refractivity (Wildman–Crippen MR) is 92.6 cm³/mol. The minimum absolute atomic E-state index is 0.0655. The quantitative estimate of drug-likeness (QED) is 0.731. The average Bonchev–Trinajstić information content (AvgIpc) is 3.16. The molecule has 6 nitrogen and oxygen atoms in total. The summed E-state index contributed by atoms with van der Waals surface area (Å²) >= 11 is 0. The summed E-state index contributed by atoms with van der Waals surface area (Å²) in [6, 6.07) is 1.51. The van der Waals surface area contributed by atoms with Crippen molar-refractivity contribution in [3.8, 4) is 6.07 Å². The third-order valence-electron chi connectivity index (χ3n) is 5.66. The molecule has 1 aliphatic carbocycles. The molecule has 2 saturated heterocycles. The number of rotatable bonds is 1.